The van der Waals surface area contributed by atoms with Crippen molar-refractivity contribution in [3.63, 3.8) is 0 Å². The molecule has 2 atom stereocenters. The summed E-state index contributed by atoms with van der Waals surface area (Å²) in [6.07, 6.45) is 1.26. The van der Waals surface area contributed by atoms with Crippen LogP contribution in [0.1, 0.15) is 37.0 Å². The molecule has 2 amide bonds. The van der Waals surface area contributed by atoms with Crippen molar-refractivity contribution in [2.24, 2.45) is 0 Å². The predicted octanol–water partition coefficient (Wildman–Crippen LogP) is 6.78. The van der Waals surface area contributed by atoms with Gasteiger partial charge in [0.1, 0.15) is 6.04 Å². The molecule has 7 heteroatoms. The molecule has 0 fully saturated rings. The molecule has 36 heavy (non-hydrogen) atoms. The van der Waals surface area contributed by atoms with Crippen molar-refractivity contribution in [2.45, 2.75) is 51.1 Å². The van der Waals surface area contributed by atoms with Gasteiger partial charge in [-0.1, -0.05) is 96.9 Å². The van der Waals surface area contributed by atoms with Gasteiger partial charge in [-0.25, -0.2) is 0 Å². The fourth-order valence-electron chi connectivity index (χ4n) is 3.74. The number of halogens is 2. The first-order valence-corrected chi connectivity index (χ1v) is 14.0. The molecule has 190 valence electrons. The molecule has 0 saturated heterocycles. The van der Waals surface area contributed by atoms with Crippen molar-refractivity contribution < 1.29 is 9.59 Å². The number of nitrogens with zero attached hydrogens (tertiary/aromatic N) is 1. The average Bonchev–Trinajstić information content (AvgIpc) is 2.89. The molecular formula is C29H32Cl2N2O2S. The topological polar surface area (TPSA) is 49.4 Å². The molecule has 3 aromatic rings. The summed E-state index contributed by atoms with van der Waals surface area (Å²) in [6, 6.07) is 24.5. The van der Waals surface area contributed by atoms with Crippen LogP contribution in [0.2, 0.25) is 10.0 Å². The van der Waals surface area contributed by atoms with Crippen molar-refractivity contribution >= 4 is 46.8 Å². The quantitative estimate of drug-likeness (QED) is 0.274. The van der Waals surface area contributed by atoms with E-state index < -0.39 is 6.04 Å². The summed E-state index contributed by atoms with van der Waals surface area (Å²) in [5, 5.41) is 4.10. The number of amides is 2. The van der Waals surface area contributed by atoms with Crippen molar-refractivity contribution in [1.82, 2.24) is 10.2 Å². The molecule has 1 N–H and O–H groups in total. The highest BCUT2D eigenvalue weighted by Gasteiger charge is 2.30. The third kappa shape index (κ3) is 8.58. The maximum Gasteiger partial charge on any atom is 0.243 e. The molecule has 4 nitrogen and oxygen atoms in total. The third-order valence-electron chi connectivity index (χ3n) is 5.95. The van der Waals surface area contributed by atoms with Gasteiger partial charge in [-0.2, -0.15) is 0 Å². The highest BCUT2D eigenvalue weighted by atomic mass is 35.5. The molecule has 0 aliphatic carbocycles. The van der Waals surface area contributed by atoms with Crippen LogP contribution < -0.4 is 5.32 Å². The zero-order valence-corrected chi connectivity index (χ0v) is 23.0. The number of hydrogen-bond acceptors (Lipinski definition) is 3. The summed E-state index contributed by atoms with van der Waals surface area (Å²) in [5.41, 5.74) is 2.98. The van der Waals surface area contributed by atoms with E-state index in [1.165, 1.54) is 11.8 Å². The first-order chi connectivity index (χ1) is 17.4. The van der Waals surface area contributed by atoms with Crippen LogP contribution in [-0.4, -0.2) is 34.6 Å². The van der Waals surface area contributed by atoms with Crippen LogP contribution >= 0.6 is 35.0 Å². The van der Waals surface area contributed by atoms with Gasteiger partial charge in [-0.15, -0.1) is 11.8 Å². The van der Waals surface area contributed by atoms with Gasteiger partial charge in [0, 0.05) is 24.8 Å². The van der Waals surface area contributed by atoms with E-state index in [0.29, 0.717) is 28.8 Å². The summed E-state index contributed by atoms with van der Waals surface area (Å²) in [7, 11) is 0. The minimum Gasteiger partial charge on any atom is -0.352 e. The van der Waals surface area contributed by atoms with E-state index in [-0.39, 0.29) is 23.6 Å². The highest BCUT2D eigenvalue weighted by Crippen LogP contribution is 2.25. The molecule has 3 rings (SSSR count). The van der Waals surface area contributed by atoms with E-state index >= 15 is 0 Å². The van der Waals surface area contributed by atoms with Gasteiger partial charge < -0.3 is 10.2 Å². The maximum atomic E-state index is 13.6. The van der Waals surface area contributed by atoms with Crippen molar-refractivity contribution in [1.29, 1.82) is 0 Å². The molecule has 0 aliphatic rings. The normalized spacial score (nSPS) is 12.6. The fraction of sp³-hybridized carbons (Fsp3) is 0.310. The SMILES string of the molecule is CCC(C)NC(=O)C(Cc1ccccc1)N(Cc1ccccc1)C(=O)CSCc1ccc(Cl)c(Cl)c1. The number of hydrogen-bond donors (Lipinski definition) is 1. The van der Waals surface area contributed by atoms with Crippen LogP contribution in [0.25, 0.3) is 0 Å². The second-order valence-corrected chi connectivity index (χ2v) is 10.6. The van der Waals surface area contributed by atoms with Crippen LogP contribution in [0.4, 0.5) is 0 Å². The monoisotopic (exact) mass is 542 g/mol. The van der Waals surface area contributed by atoms with Crippen LogP contribution in [0, 0.1) is 0 Å². The second-order valence-electron chi connectivity index (χ2n) is 8.77. The smallest absolute Gasteiger partial charge is 0.243 e. The Morgan fingerprint density at radius 1 is 0.889 bits per heavy atom. The molecule has 0 aromatic heterocycles. The number of nitrogens with one attached hydrogen (secondary N) is 1. The minimum absolute atomic E-state index is 0.0217. The molecule has 0 bridgehead atoms. The van der Waals surface area contributed by atoms with Crippen LogP contribution in [0.3, 0.4) is 0 Å². The minimum atomic E-state index is -0.625. The van der Waals surface area contributed by atoms with Gasteiger partial charge in [-0.3, -0.25) is 9.59 Å². The van der Waals surface area contributed by atoms with Gasteiger partial charge in [-0.05, 0) is 42.2 Å². The van der Waals surface area contributed by atoms with E-state index in [1.54, 1.807) is 11.0 Å². The maximum absolute atomic E-state index is 13.6. The summed E-state index contributed by atoms with van der Waals surface area (Å²) in [5.74, 6) is 0.648. The van der Waals surface area contributed by atoms with Crippen LogP contribution in [0.5, 0.6) is 0 Å². The summed E-state index contributed by atoms with van der Waals surface area (Å²) in [4.78, 5) is 28.8. The largest absolute Gasteiger partial charge is 0.352 e. The lowest BCUT2D eigenvalue weighted by Crippen LogP contribution is -2.52. The lowest BCUT2D eigenvalue weighted by molar-refractivity contribution is -0.139. The lowest BCUT2D eigenvalue weighted by atomic mass is 10.0. The number of carbonyl (C=O) groups is 2. The Hall–Kier alpha value is -2.47. The second kappa shape index (κ2) is 14.3. The fourth-order valence-corrected chi connectivity index (χ4v) is 4.92. The molecule has 3 aromatic carbocycles. The van der Waals surface area contributed by atoms with Crippen LogP contribution in [-0.2, 0) is 28.3 Å². The van der Waals surface area contributed by atoms with Gasteiger partial charge in [0.15, 0.2) is 0 Å². The van der Waals surface area contributed by atoms with Gasteiger partial charge in [0.05, 0.1) is 15.8 Å². The Bertz CT molecular complexity index is 1130. The van der Waals surface area contributed by atoms with E-state index in [4.69, 9.17) is 23.2 Å². The Kier molecular flexibility index (Phi) is 11.2. The molecule has 0 heterocycles. The average molecular weight is 544 g/mol. The van der Waals surface area contributed by atoms with E-state index in [9.17, 15) is 9.59 Å². The van der Waals surface area contributed by atoms with Crippen molar-refractivity contribution in [3.05, 3.63) is 106 Å². The predicted molar refractivity (Wildman–Crippen MR) is 151 cm³/mol. The Morgan fingerprint density at radius 2 is 1.53 bits per heavy atom. The zero-order valence-electron chi connectivity index (χ0n) is 20.6. The number of rotatable bonds is 12. The molecule has 0 spiro atoms. The Labute approximate surface area is 228 Å². The summed E-state index contributed by atoms with van der Waals surface area (Å²) >= 11 is 13.7. The third-order valence-corrected chi connectivity index (χ3v) is 7.67. The molecule has 0 radical (unpaired) electrons. The van der Waals surface area contributed by atoms with Crippen molar-refractivity contribution in [3.8, 4) is 0 Å². The number of carbonyl (C=O) groups excluding carboxylic acids is 2. The van der Waals surface area contributed by atoms with Crippen molar-refractivity contribution in [2.75, 3.05) is 5.75 Å². The summed E-state index contributed by atoms with van der Waals surface area (Å²) in [6.45, 7) is 4.37. The first kappa shape index (κ1) is 28.1. The number of benzene rings is 3. The van der Waals surface area contributed by atoms with Gasteiger partial charge in [0.2, 0.25) is 11.8 Å². The molecule has 0 aliphatic heterocycles. The Balaban J connectivity index is 1.82. The lowest BCUT2D eigenvalue weighted by Gasteiger charge is -2.32. The van der Waals surface area contributed by atoms with E-state index in [2.05, 4.69) is 5.32 Å². The molecule has 0 saturated carbocycles. The standard InChI is InChI=1S/C29H32Cl2N2O2S/c1-3-21(2)32-29(35)27(17-22-10-6-4-7-11-22)33(18-23-12-8-5-9-13-23)28(34)20-36-19-24-14-15-25(30)26(31)16-24/h4-16,21,27H,3,17-20H2,1-2H3,(H,32,35). The molecule has 2 unspecified atom stereocenters. The zero-order chi connectivity index (χ0) is 25.9. The van der Waals surface area contributed by atoms with E-state index in [1.807, 2.05) is 86.6 Å². The van der Waals surface area contributed by atoms with Gasteiger partial charge in [0.25, 0.3) is 0 Å². The Morgan fingerprint density at radius 3 is 2.14 bits per heavy atom. The van der Waals surface area contributed by atoms with Crippen LogP contribution in [0.15, 0.2) is 78.9 Å². The molecular weight excluding hydrogens is 511 g/mol. The summed E-state index contributed by atoms with van der Waals surface area (Å²) < 4.78 is 0. The highest BCUT2D eigenvalue weighted by molar-refractivity contribution is 7.99. The first-order valence-electron chi connectivity index (χ1n) is 12.1. The van der Waals surface area contributed by atoms with E-state index in [0.717, 1.165) is 23.1 Å². The van der Waals surface area contributed by atoms with Gasteiger partial charge >= 0.3 is 0 Å². The number of thioether (sulfide) groups is 1.